The topological polar surface area (TPSA) is 96.3 Å². The molecule has 9 heteroatoms. The Hall–Kier alpha value is -3.98. The highest BCUT2D eigenvalue weighted by Crippen LogP contribution is 2.40. The summed E-state index contributed by atoms with van der Waals surface area (Å²) >= 11 is 0. The third kappa shape index (κ3) is 4.99. The van der Waals surface area contributed by atoms with Crippen LogP contribution in [0.25, 0.3) is 0 Å². The second-order valence-corrected chi connectivity index (χ2v) is 9.10. The maximum atomic E-state index is 14.2. The minimum absolute atomic E-state index is 0.116. The lowest BCUT2D eigenvalue weighted by molar-refractivity contribution is -0.255. The number of nitrogens with zero attached hydrogens (tertiary/aromatic N) is 1. The van der Waals surface area contributed by atoms with E-state index in [-0.39, 0.29) is 43.0 Å². The van der Waals surface area contributed by atoms with Crippen molar-refractivity contribution in [3.63, 3.8) is 0 Å². The molecule has 0 atom stereocenters. The molecular formula is C28H27F2NO6. The molecule has 3 aromatic rings. The Kier molecular flexibility index (Phi) is 7.18. The van der Waals surface area contributed by atoms with E-state index in [9.17, 15) is 28.6 Å². The van der Waals surface area contributed by atoms with Gasteiger partial charge in [-0.1, -0.05) is 36.4 Å². The lowest BCUT2D eigenvalue weighted by Crippen LogP contribution is -2.69. The molecule has 1 fully saturated rings. The molecule has 1 saturated heterocycles. The Balaban J connectivity index is 1.69. The van der Waals surface area contributed by atoms with E-state index in [0.717, 1.165) is 12.1 Å². The number of aliphatic carboxylic acids is 1. The van der Waals surface area contributed by atoms with Crippen molar-refractivity contribution in [2.45, 2.75) is 38.1 Å². The monoisotopic (exact) mass is 511 g/mol. The van der Waals surface area contributed by atoms with E-state index in [1.165, 1.54) is 4.90 Å². The lowest BCUT2D eigenvalue weighted by atomic mass is 9.82. The van der Waals surface area contributed by atoms with Crippen LogP contribution in [0.1, 0.15) is 34.3 Å². The van der Waals surface area contributed by atoms with Crippen LogP contribution in [-0.4, -0.2) is 51.5 Å². The van der Waals surface area contributed by atoms with Crippen molar-refractivity contribution in [3.05, 3.63) is 95.1 Å². The van der Waals surface area contributed by atoms with Crippen molar-refractivity contribution in [2.24, 2.45) is 0 Å². The maximum absolute atomic E-state index is 14.2. The molecule has 1 aliphatic heterocycles. The first-order valence-corrected chi connectivity index (χ1v) is 11.8. The predicted molar refractivity (Wildman–Crippen MR) is 130 cm³/mol. The van der Waals surface area contributed by atoms with Crippen molar-refractivity contribution in [1.29, 1.82) is 0 Å². The number of piperidine rings is 1. The normalized spacial score (nSPS) is 15.2. The van der Waals surface area contributed by atoms with Crippen LogP contribution in [0.4, 0.5) is 8.78 Å². The standard InChI is InChI=1S/C28H27F2NO6/c1-18-7-3-5-9-23(18)36-28(26(33)34,37-24-10-6-4-8-19(24)2)27(35)13-15-31(16-14-27)25(32)21-12-11-20(29)17-22(21)30/h3-12,17,35H,13-16H2,1-2H3,(H,33,34). The first kappa shape index (κ1) is 26.1. The van der Waals surface area contributed by atoms with Gasteiger partial charge in [0.15, 0.2) is 5.60 Å². The maximum Gasteiger partial charge on any atom is 0.393 e. The third-order valence-corrected chi connectivity index (χ3v) is 6.63. The Bertz CT molecular complexity index is 1270. The molecule has 0 unspecified atom stereocenters. The minimum Gasteiger partial charge on any atom is -0.475 e. The molecule has 2 N–H and O–H groups in total. The van der Waals surface area contributed by atoms with Gasteiger partial charge in [0, 0.05) is 32.0 Å². The number of carboxylic acid groups (broad SMARTS) is 1. The van der Waals surface area contributed by atoms with Crippen LogP contribution in [0.2, 0.25) is 0 Å². The molecule has 0 radical (unpaired) electrons. The van der Waals surface area contributed by atoms with E-state index < -0.39 is 34.9 Å². The van der Waals surface area contributed by atoms with Gasteiger partial charge in [0.05, 0.1) is 5.56 Å². The summed E-state index contributed by atoms with van der Waals surface area (Å²) < 4.78 is 39.6. The number of carboxylic acids is 1. The van der Waals surface area contributed by atoms with Crippen LogP contribution in [0.3, 0.4) is 0 Å². The van der Waals surface area contributed by atoms with Crippen LogP contribution in [0.5, 0.6) is 11.5 Å². The largest absolute Gasteiger partial charge is 0.475 e. The Morgan fingerprint density at radius 2 is 1.41 bits per heavy atom. The summed E-state index contributed by atoms with van der Waals surface area (Å²) in [5.41, 5.74) is -1.14. The number of carbonyl (C=O) groups is 2. The molecule has 4 rings (SSSR count). The van der Waals surface area contributed by atoms with Crippen LogP contribution >= 0.6 is 0 Å². The second kappa shape index (κ2) is 10.2. The van der Waals surface area contributed by atoms with Gasteiger partial charge in [0.1, 0.15) is 23.1 Å². The van der Waals surface area contributed by atoms with Gasteiger partial charge in [-0.2, -0.15) is 0 Å². The summed E-state index contributed by atoms with van der Waals surface area (Å²) in [6, 6.07) is 16.2. The van der Waals surface area contributed by atoms with Gasteiger partial charge >= 0.3 is 11.8 Å². The van der Waals surface area contributed by atoms with E-state index in [1.54, 1.807) is 62.4 Å². The number of rotatable bonds is 7. The molecule has 1 amide bonds. The zero-order valence-corrected chi connectivity index (χ0v) is 20.4. The van der Waals surface area contributed by atoms with E-state index in [4.69, 9.17) is 9.47 Å². The van der Waals surface area contributed by atoms with Crippen LogP contribution < -0.4 is 9.47 Å². The number of likely N-dealkylation sites (tertiary alicyclic amines) is 1. The third-order valence-electron chi connectivity index (χ3n) is 6.63. The smallest absolute Gasteiger partial charge is 0.393 e. The number of carbonyl (C=O) groups excluding carboxylic acids is 1. The number of hydrogen-bond acceptors (Lipinski definition) is 5. The quantitative estimate of drug-likeness (QED) is 0.454. The van der Waals surface area contributed by atoms with Crippen molar-refractivity contribution in [3.8, 4) is 11.5 Å². The molecule has 37 heavy (non-hydrogen) atoms. The number of amides is 1. The fourth-order valence-electron chi connectivity index (χ4n) is 4.39. The number of para-hydroxylation sites is 2. The van der Waals surface area contributed by atoms with Crippen LogP contribution in [0, 0.1) is 25.5 Å². The number of benzene rings is 3. The van der Waals surface area contributed by atoms with Gasteiger partial charge in [-0.3, -0.25) is 4.79 Å². The molecule has 7 nitrogen and oxygen atoms in total. The van der Waals surface area contributed by atoms with Crippen molar-refractivity contribution in [2.75, 3.05) is 13.1 Å². The van der Waals surface area contributed by atoms with E-state index in [0.29, 0.717) is 17.2 Å². The van der Waals surface area contributed by atoms with Gasteiger partial charge in [-0.05, 0) is 49.2 Å². The van der Waals surface area contributed by atoms with Crippen LogP contribution in [-0.2, 0) is 4.79 Å². The number of hydrogen-bond donors (Lipinski definition) is 2. The summed E-state index contributed by atoms with van der Waals surface area (Å²) in [6.07, 6.45) is -0.489. The highest BCUT2D eigenvalue weighted by atomic mass is 19.1. The van der Waals surface area contributed by atoms with Gasteiger partial charge < -0.3 is 24.6 Å². The first-order valence-electron chi connectivity index (χ1n) is 11.8. The van der Waals surface area contributed by atoms with E-state index in [1.807, 2.05) is 0 Å². The SMILES string of the molecule is Cc1ccccc1OC(Oc1ccccc1C)(C(=O)O)C1(O)CCN(C(=O)c2ccc(F)cc2F)CC1. The number of ether oxygens (including phenoxy) is 2. The minimum atomic E-state index is -2.57. The molecular weight excluding hydrogens is 484 g/mol. The second-order valence-electron chi connectivity index (χ2n) is 9.10. The molecule has 0 aliphatic carbocycles. The fraction of sp³-hybridized carbons (Fsp3) is 0.286. The summed E-state index contributed by atoms with van der Waals surface area (Å²) in [7, 11) is 0. The summed E-state index contributed by atoms with van der Waals surface area (Å²) in [6.45, 7) is 3.24. The van der Waals surface area contributed by atoms with Gasteiger partial charge in [-0.15, -0.1) is 0 Å². The summed E-state index contributed by atoms with van der Waals surface area (Å²) in [4.78, 5) is 27.1. The van der Waals surface area contributed by atoms with Gasteiger partial charge in [0.25, 0.3) is 5.91 Å². The lowest BCUT2D eigenvalue weighted by Gasteiger charge is -2.47. The zero-order valence-electron chi connectivity index (χ0n) is 20.4. The van der Waals surface area contributed by atoms with E-state index in [2.05, 4.69) is 0 Å². The van der Waals surface area contributed by atoms with Crippen molar-refractivity contribution < 1.29 is 38.1 Å². The van der Waals surface area contributed by atoms with Crippen LogP contribution in [0.15, 0.2) is 66.7 Å². The van der Waals surface area contributed by atoms with Gasteiger partial charge in [-0.25, -0.2) is 13.6 Å². The fourth-order valence-corrected chi connectivity index (χ4v) is 4.39. The van der Waals surface area contributed by atoms with Crippen molar-refractivity contribution in [1.82, 2.24) is 4.90 Å². The van der Waals surface area contributed by atoms with Crippen molar-refractivity contribution >= 4 is 11.9 Å². The molecule has 194 valence electrons. The number of aryl methyl sites for hydroxylation is 2. The number of aliphatic hydroxyl groups is 1. The summed E-state index contributed by atoms with van der Waals surface area (Å²) in [5, 5.41) is 22.3. The highest BCUT2D eigenvalue weighted by Gasteiger charge is 2.63. The first-order chi connectivity index (χ1) is 17.6. The Labute approximate surface area is 212 Å². The zero-order chi connectivity index (χ0) is 26.8. The predicted octanol–water partition coefficient (Wildman–Crippen LogP) is 4.49. The molecule has 0 bridgehead atoms. The molecule has 1 aliphatic rings. The Morgan fingerprint density at radius 3 is 1.86 bits per heavy atom. The molecule has 1 heterocycles. The molecule has 0 spiro atoms. The van der Waals surface area contributed by atoms with E-state index >= 15 is 0 Å². The Morgan fingerprint density at radius 1 is 0.892 bits per heavy atom. The highest BCUT2D eigenvalue weighted by molar-refractivity contribution is 5.94. The summed E-state index contributed by atoms with van der Waals surface area (Å²) in [5.74, 6) is -6.21. The number of halogens is 2. The molecule has 0 aromatic heterocycles. The van der Waals surface area contributed by atoms with Gasteiger partial charge in [0.2, 0.25) is 0 Å². The molecule has 0 saturated carbocycles. The molecule has 3 aromatic carbocycles. The average Bonchev–Trinajstić information content (AvgIpc) is 2.86. The average molecular weight is 512 g/mol.